The maximum Gasteiger partial charge on any atom is 0.227 e. The number of rotatable bonds is 9. The minimum absolute atomic E-state index is 0.177. The van der Waals surface area contributed by atoms with Crippen molar-refractivity contribution in [2.45, 2.75) is 56.8 Å². The highest BCUT2D eigenvalue weighted by atomic mass is 32.1. The quantitative estimate of drug-likeness (QED) is 0.226. The molecule has 2 aromatic carbocycles. The fraction of sp³-hybridized carbons (Fsp3) is 0.320. The smallest absolute Gasteiger partial charge is 0.227 e. The number of aliphatic hydroxyl groups is 1. The fourth-order valence-electron chi connectivity index (χ4n) is 3.85. The molecule has 4 rings (SSSR count). The third kappa shape index (κ3) is 5.43. The Balaban J connectivity index is 1.72. The molecule has 1 atom stereocenters. The first-order chi connectivity index (χ1) is 16.2. The summed E-state index contributed by atoms with van der Waals surface area (Å²) in [5.74, 6) is 1.11. The number of phenolic OH excluding ortho intramolecular Hbond substituents is 1. The monoisotopic (exact) mass is 478 g/mol. The molecular weight excluding hydrogens is 448 g/mol. The van der Waals surface area contributed by atoms with Crippen molar-refractivity contribution in [1.29, 1.82) is 0 Å². The van der Waals surface area contributed by atoms with Crippen LogP contribution < -0.4 is 10.6 Å². The van der Waals surface area contributed by atoms with E-state index in [1.54, 1.807) is 38.4 Å². The van der Waals surface area contributed by atoms with Gasteiger partial charge in [-0.15, -0.1) is 12.6 Å². The molecule has 0 radical (unpaired) electrons. The lowest BCUT2D eigenvalue weighted by Gasteiger charge is -2.29. The predicted molar refractivity (Wildman–Crippen MR) is 138 cm³/mol. The van der Waals surface area contributed by atoms with Crippen molar-refractivity contribution in [3.05, 3.63) is 66.0 Å². The second-order valence-corrected chi connectivity index (χ2v) is 9.37. The molecule has 0 aliphatic rings. The van der Waals surface area contributed by atoms with E-state index < -0.39 is 5.60 Å². The summed E-state index contributed by atoms with van der Waals surface area (Å²) in [6.45, 7) is 6.47. The van der Waals surface area contributed by atoms with E-state index in [4.69, 9.17) is 4.98 Å². The van der Waals surface area contributed by atoms with Crippen LogP contribution in [0, 0.1) is 0 Å². The first-order valence-corrected chi connectivity index (χ1v) is 11.7. The molecule has 34 heavy (non-hydrogen) atoms. The van der Waals surface area contributed by atoms with Gasteiger partial charge in [-0.2, -0.15) is 9.97 Å². The first-order valence-electron chi connectivity index (χ1n) is 11.2. The Hall–Kier alpha value is -3.30. The molecular formula is C25H30N6O2S. The predicted octanol–water partition coefficient (Wildman–Crippen LogP) is 4.44. The second kappa shape index (κ2) is 9.90. The highest BCUT2D eigenvalue weighted by molar-refractivity contribution is 7.80. The molecule has 0 bridgehead atoms. The van der Waals surface area contributed by atoms with Gasteiger partial charge in [-0.05, 0) is 44.0 Å². The van der Waals surface area contributed by atoms with Crippen molar-refractivity contribution in [3.63, 3.8) is 0 Å². The minimum Gasteiger partial charge on any atom is -0.508 e. The molecule has 178 valence electrons. The van der Waals surface area contributed by atoms with Gasteiger partial charge < -0.3 is 25.4 Å². The summed E-state index contributed by atoms with van der Waals surface area (Å²) in [6, 6.07) is 15.0. The number of fused-ring (bicyclic) bond motifs is 1. The molecule has 4 N–H and O–H groups in total. The van der Waals surface area contributed by atoms with Gasteiger partial charge >= 0.3 is 0 Å². The molecule has 1 unspecified atom stereocenters. The van der Waals surface area contributed by atoms with E-state index in [0.717, 1.165) is 10.5 Å². The zero-order chi connectivity index (χ0) is 24.3. The average Bonchev–Trinajstić information content (AvgIpc) is 3.20. The number of aromatic nitrogens is 4. The number of benzene rings is 2. The molecule has 8 nitrogen and oxygen atoms in total. The molecule has 4 aromatic rings. The van der Waals surface area contributed by atoms with Crippen molar-refractivity contribution in [2.75, 3.05) is 10.6 Å². The highest BCUT2D eigenvalue weighted by Crippen LogP contribution is 2.26. The summed E-state index contributed by atoms with van der Waals surface area (Å²) in [5.41, 5.74) is 2.16. The molecule has 2 heterocycles. The van der Waals surface area contributed by atoms with Crippen LogP contribution in [0.25, 0.3) is 11.2 Å². The lowest BCUT2D eigenvalue weighted by molar-refractivity contribution is 0.0577. The van der Waals surface area contributed by atoms with Crippen molar-refractivity contribution in [2.24, 2.45) is 0 Å². The van der Waals surface area contributed by atoms with Gasteiger partial charge in [-0.1, -0.05) is 37.3 Å². The van der Waals surface area contributed by atoms with Crippen LogP contribution in [0.1, 0.15) is 38.3 Å². The van der Waals surface area contributed by atoms with Gasteiger partial charge in [-0.3, -0.25) is 0 Å². The molecule has 0 spiro atoms. The standard InChI is InChI=1S/C25H30N6O2S/c1-4-20(25(2,3)33)28-24-29-22(26-13-17-12-18(34)10-11-19(17)32)21-23(30-24)31(15-27-21)14-16-8-6-5-7-9-16/h5-12,15,20,32-34H,4,13-14H2,1-3H3,(H2,26,28,29,30). The number of nitrogens with one attached hydrogen (secondary N) is 2. The van der Waals surface area contributed by atoms with E-state index in [2.05, 4.69) is 45.4 Å². The summed E-state index contributed by atoms with van der Waals surface area (Å²) in [6.07, 6.45) is 2.44. The Bertz CT molecular complexity index is 1270. The summed E-state index contributed by atoms with van der Waals surface area (Å²) in [4.78, 5) is 14.7. The lowest BCUT2D eigenvalue weighted by atomic mass is 9.97. The van der Waals surface area contributed by atoms with Gasteiger partial charge in [0.2, 0.25) is 5.95 Å². The van der Waals surface area contributed by atoms with Crippen LogP contribution in [0.2, 0.25) is 0 Å². The number of imidazole rings is 1. The number of nitrogens with zero attached hydrogens (tertiary/aromatic N) is 4. The van der Waals surface area contributed by atoms with Gasteiger partial charge in [-0.25, -0.2) is 4.98 Å². The SMILES string of the molecule is CCC(Nc1nc(NCc2cc(S)ccc2O)c2ncn(Cc3ccccc3)c2n1)C(C)(C)O. The highest BCUT2D eigenvalue weighted by Gasteiger charge is 2.26. The maximum atomic E-state index is 10.6. The normalized spacial score (nSPS) is 12.6. The Kier molecular flexibility index (Phi) is 6.95. The summed E-state index contributed by atoms with van der Waals surface area (Å²) >= 11 is 4.37. The molecule has 0 fully saturated rings. The lowest BCUT2D eigenvalue weighted by Crippen LogP contribution is -2.41. The van der Waals surface area contributed by atoms with Gasteiger partial charge in [0.05, 0.1) is 24.5 Å². The second-order valence-electron chi connectivity index (χ2n) is 8.85. The molecule has 0 saturated heterocycles. The van der Waals surface area contributed by atoms with E-state index in [1.807, 2.05) is 29.7 Å². The van der Waals surface area contributed by atoms with Crippen molar-refractivity contribution in [1.82, 2.24) is 19.5 Å². The fourth-order valence-corrected chi connectivity index (χ4v) is 4.08. The maximum absolute atomic E-state index is 10.6. The Labute approximate surface area is 204 Å². The third-order valence-corrected chi connectivity index (χ3v) is 6.01. The van der Waals surface area contributed by atoms with Gasteiger partial charge in [0, 0.05) is 17.0 Å². The third-order valence-electron chi connectivity index (χ3n) is 5.73. The molecule has 0 aliphatic heterocycles. The largest absolute Gasteiger partial charge is 0.508 e. The number of thiol groups is 1. The number of anilines is 2. The zero-order valence-corrected chi connectivity index (χ0v) is 20.4. The van der Waals surface area contributed by atoms with E-state index in [-0.39, 0.29) is 11.8 Å². The topological polar surface area (TPSA) is 108 Å². The number of aromatic hydroxyl groups is 1. The van der Waals surface area contributed by atoms with Crippen LogP contribution in [0.15, 0.2) is 59.8 Å². The van der Waals surface area contributed by atoms with Crippen molar-refractivity contribution in [3.8, 4) is 5.75 Å². The summed E-state index contributed by atoms with van der Waals surface area (Å²) in [7, 11) is 0. The number of hydrogen-bond acceptors (Lipinski definition) is 8. The summed E-state index contributed by atoms with van der Waals surface area (Å²) < 4.78 is 1.97. The zero-order valence-electron chi connectivity index (χ0n) is 19.5. The van der Waals surface area contributed by atoms with Gasteiger partial charge in [0.25, 0.3) is 0 Å². The van der Waals surface area contributed by atoms with Crippen LogP contribution in [0.4, 0.5) is 11.8 Å². The van der Waals surface area contributed by atoms with E-state index in [1.165, 1.54) is 0 Å². The van der Waals surface area contributed by atoms with Crippen molar-refractivity contribution < 1.29 is 10.2 Å². The molecule has 0 aliphatic carbocycles. The molecule has 0 amide bonds. The van der Waals surface area contributed by atoms with E-state index >= 15 is 0 Å². The van der Waals surface area contributed by atoms with Crippen LogP contribution >= 0.6 is 12.6 Å². The number of hydrogen-bond donors (Lipinski definition) is 5. The van der Waals surface area contributed by atoms with Gasteiger partial charge in [0.15, 0.2) is 17.0 Å². The molecule has 0 saturated carbocycles. The Morgan fingerprint density at radius 3 is 2.59 bits per heavy atom. The summed E-state index contributed by atoms with van der Waals surface area (Å²) in [5, 5.41) is 27.4. The van der Waals surface area contributed by atoms with E-state index in [0.29, 0.717) is 48.0 Å². The first kappa shape index (κ1) is 23.8. The average molecular weight is 479 g/mol. The minimum atomic E-state index is -0.955. The Morgan fingerprint density at radius 2 is 1.88 bits per heavy atom. The van der Waals surface area contributed by atoms with Crippen LogP contribution in [-0.4, -0.2) is 41.4 Å². The van der Waals surface area contributed by atoms with Crippen molar-refractivity contribution >= 4 is 35.6 Å². The van der Waals surface area contributed by atoms with Gasteiger partial charge in [0.1, 0.15) is 5.75 Å². The van der Waals surface area contributed by atoms with Crippen LogP contribution in [0.5, 0.6) is 5.75 Å². The van der Waals surface area contributed by atoms with Crippen LogP contribution in [0.3, 0.4) is 0 Å². The molecule has 9 heteroatoms. The molecule has 2 aromatic heterocycles. The number of phenols is 1. The van der Waals surface area contributed by atoms with Crippen LogP contribution in [-0.2, 0) is 13.1 Å². The Morgan fingerprint density at radius 1 is 1.12 bits per heavy atom. The van der Waals surface area contributed by atoms with E-state index in [9.17, 15) is 10.2 Å².